The summed E-state index contributed by atoms with van der Waals surface area (Å²) in [4.78, 5) is 23.3. The topological polar surface area (TPSA) is 66.4 Å². The number of benzene rings is 1. The molecule has 1 aliphatic rings. The molecule has 0 aliphatic heterocycles. The van der Waals surface area contributed by atoms with Crippen molar-refractivity contribution in [3.05, 3.63) is 35.4 Å². The van der Waals surface area contributed by atoms with Crippen molar-refractivity contribution in [1.82, 2.24) is 5.32 Å². The summed E-state index contributed by atoms with van der Waals surface area (Å²) in [7, 11) is 0. The standard InChI is InChI=1S/C15H19NO3/c1-10(11-6-2-3-7-11)16-14(17)12-8-4-5-9-13(12)15(18)19/h4-5,8-11H,2-3,6-7H2,1H3,(H,16,17)(H,18,19)/t10-/m0/s1. The zero-order valence-corrected chi connectivity index (χ0v) is 11.1. The Morgan fingerprint density at radius 1 is 1.21 bits per heavy atom. The molecule has 1 aromatic carbocycles. The summed E-state index contributed by atoms with van der Waals surface area (Å²) in [6, 6.07) is 6.41. The monoisotopic (exact) mass is 261 g/mol. The van der Waals surface area contributed by atoms with Gasteiger partial charge >= 0.3 is 5.97 Å². The van der Waals surface area contributed by atoms with Gasteiger partial charge in [0.2, 0.25) is 0 Å². The second kappa shape index (κ2) is 5.87. The Balaban J connectivity index is 2.09. The van der Waals surface area contributed by atoms with Crippen LogP contribution in [0.25, 0.3) is 0 Å². The summed E-state index contributed by atoms with van der Waals surface area (Å²) in [5.41, 5.74) is 0.290. The molecule has 0 spiro atoms. The van der Waals surface area contributed by atoms with E-state index in [4.69, 9.17) is 5.11 Å². The van der Waals surface area contributed by atoms with Crippen molar-refractivity contribution >= 4 is 11.9 Å². The molecule has 2 N–H and O–H groups in total. The van der Waals surface area contributed by atoms with Gasteiger partial charge in [0.05, 0.1) is 11.1 Å². The van der Waals surface area contributed by atoms with Crippen LogP contribution in [0.4, 0.5) is 0 Å². The molecule has 4 heteroatoms. The Morgan fingerprint density at radius 2 is 1.79 bits per heavy atom. The molecule has 0 bridgehead atoms. The molecule has 1 atom stereocenters. The van der Waals surface area contributed by atoms with Crippen molar-refractivity contribution in [2.75, 3.05) is 0 Å². The Labute approximate surface area is 112 Å². The molecule has 1 fully saturated rings. The first-order valence-electron chi connectivity index (χ1n) is 6.73. The molecular weight excluding hydrogens is 242 g/mol. The summed E-state index contributed by atoms with van der Waals surface area (Å²) in [6.45, 7) is 2.00. The molecule has 0 saturated heterocycles. The fourth-order valence-corrected chi connectivity index (χ4v) is 2.73. The van der Waals surface area contributed by atoms with Gasteiger partial charge in [-0.2, -0.15) is 0 Å². The third kappa shape index (κ3) is 3.13. The van der Waals surface area contributed by atoms with Crippen molar-refractivity contribution in [3.63, 3.8) is 0 Å². The van der Waals surface area contributed by atoms with Gasteiger partial charge in [0.1, 0.15) is 0 Å². The van der Waals surface area contributed by atoms with Crippen molar-refractivity contribution in [2.24, 2.45) is 5.92 Å². The molecule has 1 amide bonds. The Hall–Kier alpha value is -1.84. The maximum absolute atomic E-state index is 12.2. The summed E-state index contributed by atoms with van der Waals surface area (Å²) in [6.07, 6.45) is 4.72. The number of hydrogen-bond acceptors (Lipinski definition) is 2. The summed E-state index contributed by atoms with van der Waals surface area (Å²) >= 11 is 0. The van der Waals surface area contributed by atoms with E-state index in [1.807, 2.05) is 6.92 Å². The lowest BCUT2D eigenvalue weighted by Gasteiger charge is -2.20. The molecule has 19 heavy (non-hydrogen) atoms. The highest BCUT2D eigenvalue weighted by molar-refractivity contribution is 6.04. The van der Waals surface area contributed by atoms with Crippen molar-refractivity contribution in [1.29, 1.82) is 0 Å². The van der Waals surface area contributed by atoms with Crippen LogP contribution in [0.2, 0.25) is 0 Å². The average molecular weight is 261 g/mol. The summed E-state index contributed by atoms with van der Waals surface area (Å²) < 4.78 is 0. The maximum atomic E-state index is 12.2. The highest BCUT2D eigenvalue weighted by Crippen LogP contribution is 2.27. The number of carbonyl (C=O) groups excluding carboxylic acids is 1. The van der Waals surface area contributed by atoms with Gasteiger partial charge in [-0.1, -0.05) is 25.0 Å². The van der Waals surface area contributed by atoms with E-state index in [2.05, 4.69) is 5.32 Å². The zero-order chi connectivity index (χ0) is 13.8. The van der Waals surface area contributed by atoms with Gasteiger partial charge in [0.15, 0.2) is 0 Å². The molecule has 0 unspecified atom stereocenters. The van der Waals surface area contributed by atoms with Gasteiger partial charge in [-0.15, -0.1) is 0 Å². The quantitative estimate of drug-likeness (QED) is 0.875. The van der Waals surface area contributed by atoms with E-state index < -0.39 is 5.97 Å². The van der Waals surface area contributed by atoms with Gasteiger partial charge in [-0.3, -0.25) is 4.79 Å². The minimum absolute atomic E-state index is 0.0543. The highest BCUT2D eigenvalue weighted by Gasteiger charge is 2.24. The van der Waals surface area contributed by atoms with E-state index in [0.29, 0.717) is 5.92 Å². The van der Waals surface area contributed by atoms with Crippen LogP contribution in [-0.2, 0) is 0 Å². The van der Waals surface area contributed by atoms with E-state index in [-0.39, 0.29) is 23.1 Å². The molecule has 0 heterocycles. The number of aromatic carboxylic acids is 1. The first kappa shape index (κ1) is 13.6. The molecule has 1 aliphatic carbocycles. The molecular formula is C15H19NO3. The average Bonchev–Trinajstić information content (AvgIpc) is 2.92. The van der Waals surface area contributed by atoms with E-state index in [1.165, 1.54) is 18.9 Å². The normalized spacial score (nSPS) is 17.1. The van der Waals surface area contributed by atoms with Crippen LogP contribution in [0.3, 0.4) is 0 Å². The fourth-order valence-electron chi connectivity index (χ4n) is 2.73. The first-order chi connectivity index (χ1) is 9.09. The lowest BCUT2D eigenvalue weighted by molar-refractivity contribution is 0.0690. The second-order valence-electron chi connectivity index (χ2n) is 5.16. The minimum Gasteiger partial charge on any atom is -0.478 e. The largest absolute Gasteiger partial charge is 0.478 e. The van der Waals surface area contributed by atoms with Gasteiger partial charge in [0, 0.05) is 6.04 Å². The zero-order valence-electron chi connectivity index (χ0n) is 11.1. The third-order valence-corrected chi connectivity index (χ3v) is 3.87. The third-order valence-electron chi connectivity index (χ3n) is 3.87. The van der Waals surface area contributed by atoms with Crippen LogP contribution in [0.1, 0.15) is 53.3 Å². The van der Waals surface area contributed by atoms with Crippen LogP contribution in [0, 0.1) is 5.92 Å². The smallest absolute Gasteiger partial charge is 0.336 e. The SMILES string of the molecule is C[C@H](NC(=O)c1ccccc1C(=O)O)C1CCCC1. The number of hydrogen-bond donors (Lipinski definition) is 2. The fraction of sp³-hybridized carbons (Fsp3) is 0.467. The minimum atomic E-state index is -1.07. The summed E-state index contributed by atoms with van der Waals surface area (Å²) in [5.74, 6) is -0.849. The van der Waals surface area contributed by atoms with Crippen LogP contribution in [-0.4, -0.2) is 23.0 Å². The van der Waals surface area contributed by atoms with E-state index in [9.17, 15) is 9.59 Å². The molecule has 102 valence electrons. The predicted octanol–water partition coefficient (Wildman–Crippen LogP) is 2.69. The predicted molar refractivity (Wildman–Crippen MR) is 72.3 cm³/mol. The number of carboxylic acids is 1. The van der Waals surface area contributed by atoms with Crippen LogP contribution in [0.5, 0.6) is 0 Å². The highest BCUT2D eigenvalue weighted by atomic mass is 16.4. The van der Waals surface area contributed by atoms with E-state index >= 15 is 0 Å². The Kier molecular flexibility index (Phi) is 4.20. The number of amides is 1. The maximum Gasteiger partial charge on any atom is 0.336 e. The Bertz CT molecular complexity index is 478. The molecule has 4 nitrogen and oxygen atoms in total. The van der Waals surface area contributed by atoms with Gasteiger partial charge in [-0.25, -0.2) is 4.79 Å². The molecule has 2 rings (SSSR count). The van der Waals surface area contributed by atoms with Crippen molar-refractivity contribution < 1.29 is 14.7 Å². The van der Waals surface area contributed by atoms with Crippen molar-refractivity contribution in [2.45, 2.75) is 38.6 Å². The van der Waals surface area contributed by atoms with Gasteiger partial charge < -0.3 is 10.4 Å². The van der Waals surface area contributed by atoms with Crippen LogP contribution < -0.4 is 5.32 Å². The van der Waals surface area contributed by atoms with E-state index in [1.54, 1.807) is 18.2 Å². The first-order valence-corrected chi connectivity index (χ1v) is 6.73. The summed E-state index contributed by atoms with van der Waals surface area (Å²) in [5, 5.41) is 12.0. The van der Waals surface area contributed by atoms with Crippen LogP contribution in [0.15, 0.2) is 24.3 Å². The second-order valence-corrected chi connectivity index (χ2v) is 5.16. The molecule has 0 radical (unpaired) electrons. The lowest BCUT2D eigenvalue weighted by Crippen LogP contribution is -2.37. The number of carbonyl (C=O) groups is 2. The van der Waals surface area contributed by atoms with Gasteiger partial charge in [0.25, 0.3) is 5.91 Å². The molecule has 0 aromatic heterocycles. The molecule has 1 saturated carbocycles. The number of carboxylic acid groups (broad SMARTS) is 1. The lowest BCUT2D eigenvalue weighted by atomic mass is 9.99. The number of nitrogens with one attached hydrogen (secondary N) is 1. The Morgan fingerprint density at radius 3 is 2.37 bits per heavy atom. The van der Waals surface area contributed by atoms with Gasteiger partial charge in [-0.05, 0) is 37.8 Å². The van der Waals surface area contributed by atoms with E-state index in [0.717, 1.165) is 12.8 Å². The van der Waals surface area contributed by atoms with Crippen LogP contribution >= 0.6 is 0 Å². The van der Waals surface area contributed by atoms with Crippen molar-refractivity contribution in [3.8, 4) is 0 Å². The molecule has 1 aromatic rings. The number of rotatable bonds is 4.